The first kappa shape index (κ1) is 15.1. The molecule has 0 unspecified atom stereocenters. The molecule has 1 aromatic rings. The molecule has 2 radical (unpaired) electrons. The zero-order chi connectivity index (χ0) is 14.6. The van der Waals surface area contributed by atoms with Crippen LogP contribution in [0.25, 0.3) is 0 Å². The van der Waals surface area contributed by atoms with Crippen molar-refractivity contribution in [2.24, 2.45) is 0 Å². The lowest BCUT2D eigenvalue weighted by Crippen LogP contribution is -2.37. The van der Waals surface area contributed by atoms with E-state index < -0.39 is 10.0 Å². The lowest BCUT2D eigenvalue weighted by Gasteiger charge is -2.30. The highest BCUT2D eigenvalue weighted by Gasteiger charge is 2.25. The summed E-state index contributed by atoms with van der Waals surface area (Å²) in [7, 11) is 2.30. The van der Waals surface area contributed by atoms with Crippen molar-refractivity contribution in [3.8, 4) is 11.8 Å². The van der Waals surface area contributed by atoms with Gasteiger partial charge >= 0.3 is 0 Å². The molecule has 1 heterocycles. The Balaban J connectivity index is 2.00. The highest BCUT2D eigenvalue weighted by Crippen LogP contribution is 2.28. The number of sulfonamides is 1. The minimum absolute atomic E-state index is 0.367. The zero-order valence-electron chi connectivity index (χ0n) is 11.7. The van der Waals surface area contributed by atoms with E-state index in [4.69, 9.17) is 7.85 Å². The van der Waals surface area contributed by atoms with Gasteiger partial charge in [-0.05, 0) is 42.8 Å². The van der Waals surface area contributed by atoms with Crippen molar-refractivity contribution in [2.75, 3.05) is 19.3 Å². The van der Waals surface area contributed by atoms with Crippen molar-refractivity contribution < 1.29 is 8.42 Å². The van der Waals surface area contributed by atoms with E-state index in [0.717, 1.165) is 18.4 Å². The van der Waals surface area contributed by atoms with Crippen LogP contribution in [0.1, 0.15) is 29.9 Å². The molecule has 2 rings (SSSR count). The molecule has 0 atom stereocenters. The number of benzene rings is 1. The van der Waals surface area contributed by atoms with Gasteiger partial charge in [-0.3, -0.25) is 0 Å². The molecule has 0 bridgehead atoms. The molecular weight excluding hydrogens is 269 g/mol. The van der Waals surface area contributed by atoms with E-state index >= 15 is 0 Å². The third-order valence-electron chi connectivity index (χ3n) is 3.64. The van der Waals surface area contributed by atoms with E-state index in [2.05, 4.69) is 24.0 Å². The summed E-state index contributed by atoms with van der Waals surface area (Å²) in [4.78, 5) is 0. The van der Waals surface area contributed by atoms with Crippen molar-refractivity contribution in [3.05, 3.63) is 35.4 Å². The first-order chi connectivity index (χ1) is 9.50. The van der Waals surface area contributed by atoms with Crippen LogP contribution in [0.4, 0.5) is 0 Å². The molecular formula is C15H18BNO2S. The van der Waals surface area contributed by atoms with Gasteiger partial charge in [-0.25, -0.2) is 12.7 Å². The Kier molecular flexibility index (Phi) is 4.90. The van der Waals surface area contributed by atoms with E-state index in [1.54, 1.807) is 4.31 Å². The van der Waals surface area contributed by atoms with Gasteiger partial charge in [0.25, 0.3) is 0 Å². The number of hydrogen-bond donors (Lipinski definition) is 0. The van der Waals surface area contributed by atoms with Crippen LogP contribution in [0.2, 0.25) is 6.32 Å². The predicted octanol–water partition coefficient (Wildman–Crippen LogP) is 1.76. The number of hydrogen-bond acceptors (Lipinski definition) is 2. The lowest BCUT2D eigenvalue weighted by atomic mass is 9.90. The maximum absolute atomic E-state index is 11.5. The molecule has 0 amide bonds. The fourth-order valence-electron chi connectivity index (χ4n) is 2.51. The van der Waals surface area contributed by atoms with Crippen molar-refractivity contribution in [1.82, 2.24) is 4.31 Å². The SMILES string of the molecule is [B]CC#Cc1ccc(C2CCN(S(C)(=O)=O)CC2)cc1. The molecule has 0 spiro atoms. The van der Waals surface area contributed by atoms with Crippen molar-refractivity contribution in [2.45, 2.75) is 25.1 Å². The minimum Gasteiger partial charge on any atom is -0.213 e. The Morgan fingerprint density at radius 3 is 2.35 bits per heavy atom. The Morgan fingerprint density at radius 1 is 1.25 bits per heavy atom. The number of rotatable bonds is 2. The quantitative estimate of drug-likeness (QED) is 0.614. The van der Waals surface area contributed by atoms with Gasteiger partial charge < -0.3 is 0 Å². The monoisotopic (exact) mass is 287 g/mol. The molecule has 1 aliphatic rings. The summed E-state index contributed by atoms with van der Waals surface area (Å²) in [6, 6.07) is 8.17. The largest absolute Gasteiger partial charge is 0.213 e. The summed E-state index contributed by atoms with van der Waals surface area (Å²) >= 11 is 0. The minimum atomic E-state index is -3.05. The highest BCUT2D eigenvalue weighted by atomic mass is 32.2. The van der Waals surface area contributed by atoms with Gasteiger partial charge in [-0.1, -0.05) is 18.1 Å². The fraction of sp³-hybridized carbons (Fsp3) is 0.467. The highest BCUT2D eigenvalue weighted by molar-refractivity contribution is 7.88. The van der Waals surface area contributed by atoms with Gasteiger partial charge in [0.2, 0.25) is 10.0 Å². The summed E-state index contributed by atoms with van der Waals surface area (Å²) < 4.78 is 24.5. The second-order valence-corrected chi connectivity index (χ2v) is 7.05. The van der Waals surface area contributed by atoms with E-state index in [-0.39, 0.29) is 0 Å². The van der Waals surface area contributed by atoms with E-state index in [0.29, 0.717) is 25.3 Å². The van der Waals surface area contributed by atoms with Crippen LogP contribution in [-0.4, -0.2) is 39.9 Å². The van der Waals surface area contributed by atoms with E-state index in [9.17, 15) is 8.42 Å². The van der Waals surface area contributed by atoms with Gasteiger partial charge in [0.1, 0.15) is 0 Å². The Hall–Kier alpha value is -1.25. The van der Waals surface area contributed by atoms with Crippen LogP contribution in [0, 0.1) is 11.8 Å². The van der Waals surface area contributed by atoms with Crippen LogP contribution in [-0.2, 0) is 10.0 Å². The zero-order valence-corrected chi connectivity index (χ0v) is 12.5. The molecule has 5 heteroatoms. The average Bonchev–Trinajstić information content (AvgIpc) is 2.45. The molecule has 1 fully saturated rings. The van der Waals surface area contributed by atoms with E-state index in [1.165, 1.54) is 11.8 Å². The van der Waals surface area contributed by atoms with Gasteiger partial charge in [-0.2, -0.15) is 0 Å². The van der Waals surface area contributed by atoms with Crippen LogP contribution in [0.3, 0.4) is 0 Å². The molecule has 0 saturated carbocycles. The lowest BCUT2D eigenvalue weighted by molar-refractivity contribution is 0.321. The first-order valence-electron chi connectivity index (χ1n) is 6.74. The number of nitrogens with zero attached hydrogens (tertiary/aromatic N) is 1. The topological polar surface area (TPSA) is 37.4 Å². The van der Waals surface area contributed by atoms with Gasteiger partial charge in [0.05, 0.1) is 14.1 Å². The predicted molar refractivity (Wildman–Crippen MR) is 82.3 cm³/mol. The maximum atomic E-state index is 11.5. The molecule has 104 valence electrons. The molecule has 3 nitrogen and oxygen atoms in total. The summed E-state index contributed by atoms with van der Waals surface area (Å²) in [5.41, 5.74) is 2.23. The summed E-state index contributed by atoms with van der Waals surface area (Å²) in [5, 5.41) is 0. The first-order valence-corrected chi connectivity index (χ1v) is 8.59. The summed E-state index contributed by atoms with van der Waals surface area (Å²) in [5.74, 6) is 6.26. The summed E-state index contributed by atoms with van der Waals surface area (Å²) in [6.07, 6.45) is 3.39. The third-order valence-corrected chi connectivity index (χ3v) is 4.94. The molecule has 0 N–H and O–H groups in total. The van der Waals surface area contributed by atoms with Crippen LogP contribution in [0.5, 0.6) is 0 Å². The second kappa shape index (κ2) is 6.47. The fourth-order valence-corrected chi connectivity index (χ4v) is 3.39. The van der Waals surface area contributed by atoms with E-state index in [1.807, 2.05) is 12.1 Å². The normalized spacial score (nSPS) is 17.4. The third kappa shape index (κ3) is 3.88. The summed E-state index contributed by atoms with van der Waals surface area (Å²) in [6.45, 7) is 1.22. The van der Waals surface area contributed by atoms with Gasteiger partial charge in [-0.15, -0.1) is 5.92 Å². The smallest absolute Gasteiger partial charge is 0.211 e. The Labute approximate surface area is 122 Å². The Bertz CT molecular complexity index is 606. The van der Waals surface area contributed by atoms with Crippen LogP contribution < -0.4 is 0 Å². The van der Waals surface area contributed by atoms with Gasteiger partial charge in [0, 0.05) is 18.7 Å². The molecule has 20 heavy (non-hydrogen) atoms. The van der Waals surface area contributed by atoms with Crippen LogP contribution >= 0.6 is 0 Å². The molecule has 0 aromatic heterocycles. The molecule has 1 aromatic carbocycles. The average molecular weight is 287 g/mol. The molecule has 1 aliphatic heterocycles. The second-order valence-electron chi connectivity index (χ2n) is 5.06. The van der Waals surface area contributed by atoms with Crippen molar-refractivity contribution in [1.29, 1.82) is 0 Å². The van der Waals surface area contributed by atoms with Gasteiger partial charge in [0.15, 0.2) is 0 Å². The Morgan fingerprint density at radius 2 is 1.85 bits per heavy atom. The number of piperidine rings is 1. The molecule has 1 saturated heterocycles. The van der Waals surface area contributed by atoms with Crippen molar-refractivity contribution >= 4 is 17.9 Å². The maximum Gasteiger partial charge on any atom is 0.211 e. The van der Waals surface area contributed by atoms with Crippen molar-refractivity contribution in [3.63, 3.8) is 0 Å². The standard InChI is InChI=1S/C15H18BNO2S/c1-20(18,19)17-11-8-15(9-12-17)14-6-4-13(5-7-14)3-2-10-16/h4-7,15H,8-12H2,1H3. The molecule has 0 aliphatic carbocycles. The van der Waals surface area contributed by atoms with Crippen LogP contribution in [0.15, 0.2) is 24.3 Å².